The van der Waals surface area contributed by atoms with Crippen molar-refractivity contribution in [2.75, 3.05) is 0 Å². The highest BCUT2D eigenvalue weighted by Gasteiger charge is 2.26. The molecule has 1 heterocycles. The molecule has 0 radical (unpaired) electrons. The number of halogens is 1. The number of nitrogens with one attached hydrogen (secondary N) is 1. The van der Waals surface area contributed by atoms with Crippen LogP contribution >= 0.6 is 15.9 Å². The second kappa shape index (κ2) is 5.43. The van der Waals surface area contributed by atoms with Crippen LogP contribution in [0.2, 0.25) is 0 Å². The molecular weight excluding hydrogens is 296 g/mol. The fourth-order valence-corrected chi connectivity index (χ4v) is 2.90. The van der Waals surface area contributed by atoms with Crippen molar-refractivity contribution in [2.45, 2.75) is 45.4 Å². The lowest BCUT2D eigenvalue weighted by molar-refractivity contribution is 0.253. The van der Waals surface area contributed by atoms with Gasteiger partial charge in [-0.05, 0) is 53.4 Å². The SMILES string of the molecule is CC(C)C1CCC(c2nc(O)c(Br)c(=O)[nH]2)CC1. The Hall–Kier alpha value is -0.840. The van der Waals surface area contributed by atoms with Gasteiger partial charge in [0.2, 0.25) is 5.88 Å². The minimum Gasteiger partial charge on any atom is -0.492 e. The molecular formula is C13H19BrN2O2. The fraction of sp³-hybridized carbons (Fsp3) is 0.692. The Bertz CT molecular complexity index is 476. The number of aromatic hydroxyl groups is 1. The highest BCUT2D eigenvalue weighted by molar-refractivity contribution is 9.10. The molecule has 0 saturated heterocycles. The van der Waals surface area contributed by atoms with Crippen molar-refractivity contribution in [1.29, 1.82) is 0 Å². The van der Waals surface area contributed by atoms with Gasteiger partial charge < -0.3 is 10.1 Å². The summed E-state index contributed by atoms with van der Waals surface area (Å²) in [4.78, 5) is 18.4. The third kappa shape index (κ3) is 2.76. The van der Waals surface area contributed by atoms with Crippen LogP contribution in [-0.4, -0.2) is 15.1 Å². The van der Waals surface area contributed by atoms with E-state index in [2.05, 4.69) is 39.7 Å². The number of nitrogens with zero attached hydrogens (tertiary/aromatic N) is 1. The van der Waals surface area contributed by atoms with Crippen LogP contribution in [0.4, 0.5) is 0 Å². The molecule has 0 bridgehead atoms. The quantitative estimate of drug-likeness (QED) is 0.881. The second-order valence-electron chi connectivity index (χ2n) is 5.44. The molecule has 4 nitrogen and oxygen atoms in total. The molecule has 1 aromatic rings. The molecule has 18 heavy (non-hydrogen) atoms. The Morgan fingerprint density at radius 2 is 1.94 bits per heavy atom. The Balaban J connectivity index is 2.13. The van der Waals surface area contributed by atoms with E-state index in [1.807, 2.05) is 0 Å². The van der Waals surface area contributed by atoms with Crippen LogP contribution in [0.25, 0.3) is 0 Å². The van der Waals surface area contributed by atoms with Crippen molar-refractivity contribution in [2.24, 2.45) is 11.8 Å². The third-order valence-electron chi connectivity index (χ3n) is 3.96. The van der Waals surface area contributed by atoms with Gasteiger partial charge in [-0.3, -0.25) is 4.79 Å². The van der Waals surface area contributed by atoms with Crippen molar-refractivity contribution in [3.05, 3.63) is 20.7 Å². The summed E-state index contributed by atoms with van der Waals surface area (Å²) in [5, 5.41) is 9.57. The molecule has 0 aliphatic heterocycles. The molecule has 0 spiro atoms. The van der Waals surface area contributed by atoms with Crippen molar-refractivity contribution in [3.8, 4) is 5.88 Å². The number of H-pyrrole nitrogens is 1. The lowest BCUT2D eigenvalue weighted by Crippen LogP contribution is -2.21. The minimum atomic E-state index is -0.302. The summed E-state index contributed by atoms with van der Waals surface area (Å²) in [6, 6.07) is 0. The van der Waals surface area contributed by atoms with Gasteiger partial charge in [-0.2, -0.15) is 4.98 Å². The van der Waals surface area contributed by atoms with Gasteiger partial charge in [0.25, 0.3) is 5.56 Å². The first-order valence-electron chi connectivity index (χ1n) is 6.47. The van der Waals surface area contributed by atoms with Crippen molar-refractivity contribution in [3.63, 3.8) is 0 Å². The van der Waals surface area contributed by atoms with Gasteiger partial charge in [0.15, 0.2) is 0 Å². The lowest BCUT2D eigenvalue weighted by Gasteiger charge is -2.30. The molecule has 100 valence electrons. The summed E-state index contributed by atoms with van der Waals surface area (Å²) in [5.41, 5.74) is -0.302. The van der Waals surface area contributed by atoms with Gasteiger partial charge in [0, 0.05) is 5.92 Å². The van der Waals surface area contributed by atoms with Crippen LogP contribution < -0.4 is 5.56 Å². The summed E-state index contributed by atoms with van der Waals surface area (Å²) < 4.78 is 0.113. The van der Waals surface area contributed by atoms with E-state index in [4.69, 9.17) is 0 Å². The smallest absolute Gasteiger partial charge is 0.269 e. The highest BCUT2D eigenvalue weighted by atomic mass is 79.9. The van der Waals surface area contributed by atoms with Crippen LogP contribution in [0.5, 0.6) is 5.88 Å². The molecule has 0 unspecified atom stereocenters. The topological polar surface area (TPSA) is 66.0 Å². The minimum absolute atomic E-state index is 0.113. The normalized spacial score (nSPS) is 24.4. The highest BCUT2D eigenvalue weighted by Crippen LogP contribution is 2.37. The van der Waals surface area contributed by atoms with E-state index in [0.29, 0.717) is 5.82 Å². The monoisotopic (exact) mass is 314 g/mol. The van der Waals surface area contributed by atoms with Gasteiger partial charge in [-0.1, -0.05) is 13.8 Å². The first-order valence-corrected chi connectivity index (χ1v) is 7.27. The van der Waals surface area contributed by atoms with Gasteiger partial charge >= 0.3 is 0 Å². The zero-order valence-electron chi connectivity index (χ0n) is 10.7. The van der Waals surface area contributed by atoms with Crippen LogP contribution in [0, 0.1) is 11.8 Å². The average Bonchev–Trinajstić information content (AvgIpc) is 2.35. The number of aromatic amines is 1. The van der Waals surface area contributed by atoms with Crippen molar-refractivity contribution < 1.29 is 5.11 Å². The van der Waals surface area contributed by atoms with Gasteiger partial charge in [0.1, 0.15) is 10.3 Å². The van der Waals surface area contributed by atoms with E-state index >= 15 is 0 Å². The first-order chi connectivity index (χ1) is 8.49. The summed E-state index contributed by atoms with van der Waals surface area (Å²) >= 11 is 3.01. The Labute approximate surface area is 115 Å². The maximum atomic E-state index is 11.6. The van der Waals surface area contributed by atoms with Crippen LogP contribution in [-0.2, 0) is 0 Å². The zero-order valence-corrected chi connectivity index (χ0v) is 12.3. The Morgan fingerprint density at radius 3 is 2.44 bits per heavy atom. The Morgan fingerprint density at radius 1 is 1.33 bits per heavy atom. The van der Waals surface area contributed by atoms with E-state index in [0.717, 1.165) is 24.7 Å². The van der Waals surface area contributed by atoms with Crippen LogP contribution in [0.1, 0.15) is 51.3 Å². The number of hydrogen-bond donors (Lipinski definition) is 2. The van der Waals surface area contributed by atoms with E-state index < -0.39 is 0 Å². The predicted octanol–water partition coefficient (Wildman–Crippen LogP) is 3.17. The molecule has 1 aliphatic rings. The molecule has 5 heteroatoms. The van der Waals surface area contributed by atoms with E-state index in [1.165, 1.54) is 12.8 Å². The van der Waals surface area contributed by atoms with E-state index in [9.17, 15) is 9.90 Å². The molecule has 2 rings (SSSR count). The molecule has 2 N–H and O–H groups in total. The predicted molar refractivity (Wildman–Crippen MR) is 73.8 cm³/mol. The van der Waals surface area contributed by atoms with Gasteiger partial charge in [0.05, 0.1) is 0 Å². The lowest BCUT2D eigenvalue weighted by atomic mass is 9.77. The first kappa shape index (κ1) is 13.6. The maximum Gasteiger partial charge on any atom is 0.269 e. The van der Waals surface area contributed by atoms with E-state index in [1.54, 1.807) is 0 Å². The molecule has 0 amide bonds. The summed E-state index contributed by atoms with van der Waals surface area (Å²) in [5.74, 6) is 2.18. The number of hydrogen-bond acceptors (Lipinski definition) is 3. The average molecular weight is 315 g/mol. The van der Waals surface area contributed by atoms with Crippen LogP contribution in [0.15, 0.2) is 9.27 Å². The van der Waals surface area contributed by atoms with E-state index in [-0.39, 0.29) is 21.8 Å². The largest absolute Gasteiger partial charge is 0.492 e. The molecule has 0 aromatic carbocycles. The molecule has 0 atom stereocenters. The zero-order chi connectivity index (χ0) is 13.3. The second-order valence-corrected chi connectivity index (χ2v) is 6.24. The molecule has 1 fully saturated rings. The number of aromatic nitrogens is 2. The standard InChI is InChI=1S/C13H19BrN2O2/c1-7(2)8-3-5-9(6-4-8)11-15-12(17)10(14)13(18)16-11/h7-9H,3-6H2,1-2H3,(H2,15,16,17,18). The van der Waals surface area contributed by atoms with Gasteiger partial charge in [-0.25, -0.2) is 0 Å². The fourth-order valence-electron chi connectivity index (χ4n) is 2.72. The number of rotatable bonds is 2. The van der Waals surface area contributed by atoms with Crippen molar-refractivity contribution in [1.82, 2.24) is 9.97 Å². The maximum absolute atomic E-state index is 11.6. The Kier molecular flexibility index (Phi) is 4.10. The molecule has 1 aromatic heterocycles. The molecule has 1 saturated carbocycles. The van der Waals surface area contributed by atoms with Crippen molar-refractivity contribution >= 4 is 15.9 Å². The third-order valence-corrected chi connectivity index (χ3v) is 4.68. The summed E-state index contributed by atoms with van der Waals surface area (Å²) in [6.45, 7) is 4.52. The van der Waals surface area contributed by atoms with Gasteiger partial charge in [-0.15, -0.1) is 0 Å². The molecule has 1 aliphatic carbocycles. The summed E-state index contributed by atoms with van der Waals surface area (Å²) in [6.07, 6.45) is 4.41. The summed E-state index contributed by atoms with van der Waals surface area (Å²) in [7, 11) is 0. The van der Waals surface area contributed by atoms with Crippen LogP contribution in [0.3, 0.4) is 0 Å².